The highest BCUT2D eigenvalue weighted by Crippen LogP contribution is 2.44. The van der Waals surface area contributed by atoms with E-state index in [1.54, 1.807) is 13.2 Å². The second kappa shape index (κ2) is 6.91. The highest BCUT2D eigenvalue weighted by Gasteiger charge is 2.44. The Kier molecular flexibility index (Phi) is 4.58. The molecule has 1 saturated carbocycles. The molecule has 0 saturated heterocycles. The summed E-state index contributed by atoms with van der Waals surface area (Å²) in [5, 5.41) is 13.4. The highest BCUT2D eigenvalue weighted by atomic mass is 16.5. The molecule has 1 amide bonds. The molecule has 1 unspecified atom stereocenters. The van der Waals surface area contributed by atoms with Crippen molar-refractivity contribution in [1.29, 1.82) is 0 Å². The quantitative estimate of drug-likeness (QED) is 0.848. The maximum atomic E-state index is 13.5. The predicted molar refractivity (Wildman–Crippen MR) is 105 cm³/mol. The number of phenolic OH excluding ortho intramolecular Hbond substituents is 1. The van der Waals surface area contributed by atoms with Crippen molar-refractivity contribution in [3.8, 4) is 11.5 Å². The van der Waals surface area contributed by atoms with Crippen LogP contribution in [-0.4, -0.2) is 18.1 Å². The molecular weight excluding hydrogens is 338 g/mol. The number of fused-ring (bicyclic) bond motifs is 1. The minimum absolute atomic E-state index is 0.0237. The van der Waals surface area contributed by atoms with Gasteiger partial charge in [0, 0.05) is 0 Å². The Bertz CT molecular complexity index is 868. The van der Waals surface area contributed by atoms with Crippen LogP contribution in [0.5, 0.6) is 11.5 Å². The van der Waals surface area contributed by atoms with Crippen molar-refractivity contribution in [2.24, 2.45) is 0 Å². The molecule has 1 atom stereocenters. The van der Waals surface area contributed by atoms with E-state index >= 15 is 0 Å². The number of hydrogen-bond acceptors (Lipinski definition) is 3. The van der Waals surface area contributed by atoms with E-state index < -0.39 is 5.41 Å². The van der Waals surface area contributed by atoms with Crippen molar-refractivity contribution < 1.29 is 14.6 Å². The van der Waals surface area contributed by atoms with E-state index in [1.165, 1.54) is 0 Å². The van der Waals surface area contributed by atoms with Gasteiger partial charge in [-0.25, -0.2) is 0 Å². The molecular formula is C23H27NO3. The van der Waals surface area contributed by atoms with Gasteiger partial charge in [0.1, 0.15) is 11.5 Å². The topological polar surface area (TPSA) is 58.6 Å². The van der Waals surface area contributed by atoms with E-state index in [0.717, 1.165) is 66.5 Å². The van der Waals surface area contributed by atoms with Crippen LogP contribution in [0.4, 0.5) is 0 Å². The number of aromatic hydroxyl groups is 1. The van der Waals surface area contributed by atoms with Gasteiger partial charge >= 0.3 is 0 Å². The molecule has 0 radical (unpaired) electrons. The zero-order chi connectivity index (χ0) is 19.0. The van der Waals surface area contributed by atoms with Gasteiger partial charge in [0.25, 0.3) is 0 Å². The zero-order valence-corrected chi connectivity index (χ0v) is 16.0. The Morgan fingerprint density at radius 2 is 2.00 bits per heavy atom. The lowest BCUT2D eigenvalue weighted by molar-refractivity contribution is -0.127. The van der Waals surface area contributed by atoms with Gasteiger partial charge in [0.05, 0.1) is 18.6 Å². The van der Waals surface area contributed by atoms with Crippen LogP contribution in [0.1, 0.15) is 60.4 Å². The first-order chi connectivity index (χ1) is 13.0. The molecule has 0 aliphatic heterocycles. The third-order valence-electron chi connectivity index (χ3n) is 6.40. The van der Waals surface area contributed by atoms with Crippen LogP contribution in [-0.2, 0) is 16.6 Å². The zero-order valence-electron chi connectivity index (χ0n) is 16.0. The number of aryl methyl sites for hydroxylation is 1. The van der Waals surface area contributed by atoms with E-state index in [4.69, 9.17) is 4.74 Å². The molecule has 2 aromatic carbocycles. The Labute approximate surface area is 160 Å². The van der Waals surface area contributed by atoms with Gasteiger partial charge < -0.3 is 15.2 Å². The molecule has 1 fully saturated rings. The van der Waals surface area contributed by atoms with Crippen molar-refractivity contribution >= 4 is 5.91 Å². The number of rotatable bonds is 4. The SMILES string of the molecule is COc1cc(C2(C(=O)NC3CCc4c(O)cccc43)CCCC2)ccc1C. The van der Waals surface area contributed by atoms with Crippen molar-refractivity contribution in [3.05, 3.63) is 58.7 Å². The van der Waals surface area contributed by atoms with Crippen LogP contribution in [0.25, 0.3) is 0 Å². The number of methoxy groups -OCH3 is 1. The van der Waals surface area contributed by atoms with Crippen LogP contribution >= 0.6 is 0 Å². The summed E-state index contributed by atoms with van der Waals surface area (Å²) >= 11 is 0. The molecule has 142 valence electrons. The van der Waals surface area contributed by atoms with Crippen molar-refractivity contribution in [2.75, 3.05) is 7.11 Å². The van der Waals surface area contributed by atoms with Crippen molar-refractivity contribution in [2.45, 2.75) is 56.9 Å². The molecule has 2 N–H and O–H groups in total. The lowest BCUT2D eigenvalue weighted by Gasteiger charge is -2.31. The van der Waals surface area contributed by atoms with Gasteiger partial charge in [-0.05, 0) is 67.0 Å². The van der Waals surface area contributed by atoms with Gasteiger partial charge in [-0.15, -0.1) is 0 Å². The minimum atomic E-state index is -0.486. The second-order valence-electron chi connectivity index (χ2n) is 7.88. The largest absolute Gasteiger partial charge is 0.508 e. The number of phenols is 1. The molecule has 0 heterocycles. The van der Waals surface area contributed by atoms with Crippen LogP contribution in [0.15, 0.2) is 36.4 Å². The third kappa shape index (κ3) is 2.97. The summed E-state index contributed by atoms with van der Waals surface area (Å²) in [6, 6.07) is 11.7. The molecule has 2 aliphatic rings. The number of ether oxygens (including phenoxy) is 1. The molecule has 2 aromatic rings. The van der Waals surface area contributed by atoms with E-state index in [-0.39, 0.29) is 11.9 Å². The number of amides is 1. The second-order valence-corrected chi connectivity index (χ2v) is 7.88. The van der Waals surface area contributed by atoms with Crippen LogP contribution in [0, 0.1) is 6.92 Å². The average molecular weight is 365 g/mol. The number of hydrogen-bond donors (Lipinski definition) is 2. The Morgan fingerprint density at radius 1 is 1.22 bits per heavy atom. The smallest absolute Gasteiger partial charge is 0.231 e. The summed E-state index contributed by atoms with van der Waals surface area (Å²) in [4.78, 5) is 13.5. The summed E-state index contributed by atoms with van der Waals surface area (Å²) < 4.78 is 5.50. The fourth-order valence-corrected chi connectivity index (χ4v) is 4.82. The van der Waals surface area contributed by atoms with E-state index in [2.05, 4.69) is 11.4 Å². The van der Waals surface area contributed by atoms with Crippen molar-refractivity contribution in [3.63, 3.8) is 0 Å². The molecule has 4 nitrogen and oxygen atoms in total. The van der Waals surface area contributed by atoms with E-state index in [9.17, 15) is 9.90 Å². The Balaban J connectivity index is 1.64. The molecule has 0 bridgehead atoms. The van der Waals surface area contributed by atoms with Gasteiger partial charge in [-0.2, -0.15) is 0 Å². The fraction of sp³-hybridized carbons (Fsp3) is 0.435. The first kappa shape index (κ1) is 17.9. The lowest BCUT2D eigenvalue weighted by atomic mass is 9.77. The Hall–Kier alpha value is -2.49. The minimum Gasteiger partial charge on any atom is -0.508 e. The summed E-state index contributed by atoms with van der Waals surface area (Å²) in [6.07, 6.45) is 5.50. The average Bonchev–Trinajstić information content (AvgIpc) is 3.31. The number of nitrogens with one attached hydrogen (secondary N) is 1. The molecule has 2 aliphatic carbocycles. The lowest BCUT2D eigenvalue weighted by Crippen LogP contribution is -2.43. The first-order valence-corrected chi connectivity index (χ1v) is 9.82. The first-order valence-electron chi connectivity index (χ1n) is 9.82. The number of carbonyl (C=O) groups excluding carboxylic acids is 1. The molecule has 27 heavy (non-hydrogen) atoms. The molecule has 4 rings (SSSR count). The van der Waals surface area contributed by atoms with Gasteiger partial charge in [0.2, 0.25) is 5.91 Å². The molecule has 0 spiro atoms. The van der Waals surface area contributed by atoms with Crippen molar-refractivity contribution in [1.82, 2.24) is 5.32 Å². The standard InChI is InChI=1S/C23H27NO3/c1-15-8-9-16(14-21(15)27-2)23(12-3-4-13-23)22(26)24-19-11-10-18-17(19)6-5-7-20(18)25/h5-9,14,19,25H,3-4,10-13H2,1-2H3,(H,24,26). The Morgan fingerprint density at radius 3 is 2.74 bits per heavy atom. The highest BCUT2D eigenvalue weighted by molar-refractivity contribution is 5.89. The molecule has 4 heteroatoms. The number of benzene rings is 2. The molecule has 0 aromatic heterocycles. The normalized spacial score (nSPS) is 20.3. The van der Waals surface area contributed by atoms with Gasteiger partial charge in [0.15, 0.2) is 0 Å². The van der Waals surface area contributed by atoms with Crippen LogP contribution < -0.4 is 10.1 Å². The van der Waals surface area contributed by atoms with Crippen LogP contribution in [0.3, 0.4) is 0 Å². The third-order valence-corrected chi connectivity index (χ3v) is 6.40. The fourth-order valence-electron chi connectivity index (χ4n) is 4.82. The summed E-state index contributed by atoms with van der Waals surface area (Å²) in [7, 11) is 1.68. The predicted octanol–water partition coefficient (Wildman–Crippen LogP) is 4.32. The van der Waals surface area contributed by atoms with Gasteiger partial charge in [-0.1, -0.05) is 37.1 Å². The van der Waals surface area contributed by atoms with E-state index in [0.29, 0.717) is 5.75 Å². The number of carbonyl (C=O) groups is 1. The van der Waals surface area contributed by atoms with Crippen LogP contribution in [0.2, 0.25) is 0 Å². The maximum absolute atomic E-state index is 13.5. The summed E-state index contributed by atoms with van der Waals surface area (Å²) in [5.74, 6) is 1.28. The summed E-state index contributed by atoms with van der Waals surface area (Å²) in [5.41, 5.74) is 3.67. The monoisotopic (exact) mass is 365 g/mol. The maximum Gasteiger partial charge on any atom is 0.231 e. The summed E-state index contributed by atoms with van der Waals surface area (Å²) in [6.45, 7) is 2.02. The van der Waals surface area contributed by atoms with E-state index in [1.807, 2.05) is 31.2 Å². The van der Waals surface area contributed by atoms with Gasteiger partial charge in [-0.3, -0.25) is 4.79 Å².